The molecular weight excluding hydrogens is 226 g/mol. The molecule has 2 rings (SSSR count). The minimum atomic E-state index is -0.326. The lowest BCUT2D eigenvalue weighted by Crippen LogP contribution is -2.15. The second kappa shape index (κ2) is 5.82. The van der Waals surface area contributed by atoms with Crippen molar-refractivity contribution in [1.82, 2.24) is 4.98 Å². The Balaban J connectivity index is 2.07. The van der Waals surface area contributed by atoms with Gasteiger partial charge >= 0.3 is 0 Å². The third kappa shape index (κ3) is 3.31. The smallest absolute Gasteiger partial charge is 0.221 e. The number of benzene rings is 1. The molecule has 4 heteroatoms. The molecule has 0 aliphatic heterocycles. The number of para-hydroxylation sites is 1. The first-order valence-corrected chi connectivity index (χ1v) is 5.74. The lowest BCUT2D eigenvalue weighted by Gasteiger charge is -2.10. The van der Waals surface area contributed by atoms with Crippen LogP contribution < -0.4 is 11.1 Å². The van der Waals surface area contributed by atoms with Crippen molar-refractivity contribution in [3.63, 3.8) is 0 Å². The number of hydrogen-bond donors (Lipinski definition) is 2. The number of hydrogen-bond acceptors (Lipinski definition) is 3. The normalized spacial score (nSPS) is 10.0. The molecule has 92 valence electrons. The van der Waals surface area contributed by atoms with Crippen molar-refractivity contribution < 1.29 is 4.79 Å². The molecule has 18 heavy (non-hydrogen) atoms. The van der Waals surface area contributed by atoms with Gasteiger partial charge in [-0.25, -0.2) is 0 Å². The monoisotopic (exact) mass is 241 g/mol. The predicted molar refractivity (Wildman–Crippen MR) is 70.9 cm³/mol. The fraction of sp³-hybridized carbons (Fsp3) is 0.143. The molecule has 0 saturated carbocycles. The number of carbonyl (C=O) groups excluding carboxylic acids is 1. The van der Waals surface area contributed by atoms with E-state index in [1.54, 1.807) is 12.4 Å². The molecule has 0 spiro atoms. The van der Waals surface area contributed by atoms with Gasteiger partial charge in [-0.15, -0.1) is 0 Å². The number of pyridine rings is 1. The number of nitrogens with one attached hydrogen (secondary N) is 1. The van der Waals surface area contributed by atoms with E-state index >= 15 is 0 Å². The first kappa shape index (κ1) is 12.1. The maximum absolute atomic E-state index is 11.0. The number of nitrogens with two attached hydrogens (primary N) is 1. The van der Waals surface area contributed by atoms with Gasteiger partial charge in [-0.2, -0.15) is 0 Å². The molecule has 1 amide bonds. The summed E-state index contributed by atoms with van der Waals surface area (Å²) in [7, 11) is 0. The van der Waals surface area contributed by atoms with Gasteiger partial charge in [-0.3, -0.25) is 9.78 Å². The fourth-order valence-corrected chi connectivity index (χ4v) is 1.73. The standard InChI is InChI=1S/C14H15N3O/c15-14(18)9-12-3-1-2-4-13(12)17-10-11-5-7-16-8-6-11/h1-8,17H,9-10H2,(H2,15,18). The molecule has 3 N–H and O–H groups in total. The van der Waals surface area contributed by atoms with E-state index in [4.69, 9.17) is 5.73 Å². The molecule has 0 aliphatic rings. The van der Waals surface area contributed by atoms with E-state index in [1.807, 2.05) is 36.4 Å². The molecule has 0 saturated heterocycles. The lowest BCUT2D eigenvalue weighted by atomic mass is 10.1. The van der Waals surface area contributed by atoms with E-state index < -0.39 is 0 Å². The molecule has 1 aromatic carbocycles. The van der Waals surface area contributed by atoms with Crippen molar-refractivity contribution in [2.24, 2.45) is 5.73 Å². The molecule has 1 heterocycles. The zero-order valence-electron chi connectivity index (χ0n) is 9.97. The average Bonchev–Trinajstić information content (AvgIpc) is 2.38. The highest BCUT2D eigenvalue weighted by molar-refractivity contribution is 5.78. The Hall–Kier alpha value is -2.36. The summed E-state index contributed by atoms with van der Waals surface area (Å²) >= 11 is 0. The van der Waals surface area contributed by atoms with Gasteiger partial charge in [-0.05, 0) is 29.3 Å². The van der Waals surface area contributed by atoms with Crippen LogP contribution in [-0.4, -0.2) is 10.9 Å². The topological polar surface area (TPSA) is 68.0 Å². The van der Waals surface area contributed by atoms with E-state index in [-0.39, 0.29) is 12.3 Å². The zero-order valence-corrected chi connectivity index (χ0v) is 9.97. The van der Waals surface area contributed by atoms with Gasteiger partial charge in [0.2, 0.25) is 5.91 Å². The molecular formula is C14H15N3O. The number of primary amides is 1. The Bertz CT molecular complexity index is 526. The summed E-state index contributed by atoms with van der Waals surface area (Å²) in [6.45, 7) is 0.693. The SMILES string of the molecule is NC(=O)Cc1ccccc1NCc1ccncc1. The van der Waals surface area contributed by atoms with E-state index in [0.29, 0.717) is 6.54 Å². The summed E-state index contributed by atoms with van der Waals surface area (Å²) in [5.74, 6) is -0.326. The van der Waals surface area contributed by atoms with Crippen LogP contribution >= 0.6 is 0 Å². The van der Waals surface area contributed by atoms with Crippen molar-refractivity contribution in [1.29, 1.82) is 0 Å². The van der Waals surface area contributed by atoms with E-state index in [9.17, 15) is 4.79 Å². The van der Waals surface area contributed by atoms with Gasteiger partial charge in [-0.1, -0.05) is 18.2 Å². The Labute approximate surface area is 106 Å². The van der Waals surface area contributed by atoms with Gasteiger partial charge in [0.05, 0.1) is 6.42 Å². The van der Waals surface area contributed by atoms with Crippen LogP contribution in [0.4, 0.5) is 5.69 Å². The molecule has 0 radical (unpaired) electrons. The molecule has 0 fully saturated rings. The predicted octanol–water partition coefficient (Wildman–Crippen LogP) is 1.72. The molecule has 0 unspecified atom stereocenters. The second-order valence-corrected chi connectivity index (χ2v) is 4.01. The Morgan fingerprint density at radius 2 is 1.89 bits per heavy atom. The summed E-state index contributed by atoms with van der Waals surface area (Å²) in [4.78, 5) is 14.9. The third-order valence-electron chi connectivity index (χ3n) is 2.61. The van der Waals surface area contributed by atoms with E-state index in [1.165, 1.54) is 0 Å². The number of nitrogens with zero attached hydrogens (tertiary/aromatic N) is 1. The van der Waals surface area contributed by atoms with E-state index in [2.05, 4.69) is 10.3 Å². The van der Waals surface area contributed by atoms with Crippen LogP contribution in [0.5, 0.6) is 0 Å². The van der Waals surface area contributed by atoms with Gasteiger partial charge in [0.1, 0.15) is 0 Å². The molecule has 2 aromatic rings. The van der Waals surface area contributed by atoms with Crippen LogP contribution in [0.3, 0.4) is 0 Å². The third-order valence-corrected chi connectivity index (χ3v) is 2.61. The second-order valence-electron chi connectivity index (χ2n) is 4.01. The zero-order chi connectivity index (χ0) is 12.8. The highest BCUT2D eigenvalue weighted by atomic mass is 16.1. The summed E-state index contributed by atoms with van der Waals surface area (Å²) in [6, 6.07) is 11.6. The summed E-state index contributed by atoms with van der Waals surface area (Å²) < 4.78 is 0. The Kier molecular flexibility index (Phi) is 3.91. The molecule has 1 aromatic heterocycles. The minimum absolute atomic E-state index is 0.250. The maximum atomic E-state index is 11.0. The van der Waals surface area contributed by atoms with E-state index in [0.717, 1.165) is 16.8 Å². The highest BCUT2D eigenvalue weighted by Crippen LogP contribution is 2.16. The summed E-state index contributed by atoms with van der Waals surface area (Å²) in [6.07, 6.45) is 3.76. The van der Waals surface area contributed by atoms with Gasteiger partial charge in [0.25, 0.3) is 0 Å². The van der Waals surface area contributed by atoms with Crippen molar-refractivity contribution in [3.05, 3.63) is 59.9 Å². The Morgan fingerprint density at radius 1 is 1.17 bits per heavy atom. The largest absolute Gasteiger partial charge is 0.381 e. The Morgan fingerprint density at radius 3 is 2.61 bits per heavy atom. The van der Waals surface area contributed by atoms with Crippen LogP contribution in [0.15, 0.2) is 48.8 Å². The van der Waals surface area contributed by atoms with Crippen LogP contribution in [-0.2, 0) is 17.8 Å². The molecule has 0 aliphatic carbocycles. The lowest BCUT2D eigenvalue weighted by molar-refractivity contribution is -0.117. The first-order valence-electron chi connectivity index (χ1n) is 5.74. The van der Waals surface area contributed by atoms with Gasteiger partial charge in [0, 0.05) is 24.6 Å². The number of aromatic nitrogens is 1. The fourth-order valence-electron chi connectivity index (χ4n) is 1.73. The highest BCUT2D eigenvalue weighted by Gasteiger charge is 2.04. The number of carbonyl (C=O) groups is 1. The minimum Gasteiger partial charge on any atom is -0.381 e. The molecule has 4 nitrogen and oxygen atoms in total. The van der Waals surface area contributed by atoms with Crippen LogP contribution in [0.1, 0.15) is 11.1 Å². The molecule has 0 atom stereocenters. The van der Waals surface area contributed by atoms with Crippen molar-refractivity contribution in [3.8, 4) is 0 Å². The first-order chi connectivity index (χ1) is 8.75. The van der Waals surface area contributed by atoms with Crippen LogP contribution in [0, 0.1) is 0 Å². The summed E-state index contributed by atoms with van der Waals surface area (Å²) in [5, 5.41) is 3.30. The molecule has 0 bridgehead atoms. The number of rotatable bonds is 5. The maximum Gasteiger partial charge on any atom is 0.221 e. The quantitative estimate of drug-likeness (QED) is 0.837. The number of amides is 1. The van der Waals surface area contributed by atoms with Crippen molar-refractivity contribution in [2.45, 2.75) is 13.0 Å². The van der Waals surface area contributed by atoms with Gasteiger partial charge < -0.3 is 11.1 Å². The van der Waals surface area contributed by atoms with Crippen LogP contribution in [0.2, 0.25) is 0 Å². The van der Waals surface area contributed by atoms with Crippen LogP contribution in [0.25, 0.3) is 0 Å². The number of anilines is 1. The van der Waals surface area contributed by atoms with Crippen molar-refractivity contribution >= 4 is 11.6 Å². The van der Waals surface area contributed by atoms with Crippen molar-refractivity contribution in [2.75, 3.05) is 5.32 Å². The summed E-state index contributed by atoms with van der Waals surface area (Å²) in [5.41, 5.74) is 8.22. The average molecular weight is 241 g/mol. The van der Waals surface area contributed by atoms with Gasteiger partial charge in [0.15, 0.2) is 0 Å².